The number of fused-ring (bicyclic) bond motifs is 1. The highest BCUT2D eigenvalue weighted by Gasteiger charge is 2.36. The largest absolute Gasteiger partial charge is 0.486 e. The van der Waals surface area contributed by atoms with E-state index >= 15 is 0 Å². The fourth-order valence-electron chi connectivity index (χ4n) is 5.33. The number of rotatable bonds is 8. The van der Waals surface area contributed by atoms with Crippen molar-refractivity contribution in [3.05, 3.63) is 23.8 Å². The molecule has 0 unspecified atom stereocenters. The summed E-state index contributed by atoms with van der Waals surface area (Å²) in [6, 6.07) is 5.08. The Morgan fingerprint density at radius 2 is 1.94 bits per heavy atom. The Bertz CT molecular complexity index is 865. The van der Waals surface area contributed by atoms with Crippen LogP contribution in [0.25, 0.3) is 0 Å². The zero-order valence-corrected chi connectivity index (χ0v) is 21.0. The number of ether oxygens (including phenoxy) is 1. The Kier molecular flexibility index (Phi) is 8.14. The third kappa shape index (κ3) is 5.92. The van der Waals surface area contributed by atoms with E-state index < -0.39 is 0 Å². The summed E-state index contributed by atoms with van der Waals surface area (Å²) >= 11 is 0. The Morgan fingerprint density at radius 3 is 2.62 bits per heavy atom. The van der Waals surface area contributed by atoms with Crippen molar-refractivity contribution < 1.29 is 19.4 Å². The van der Waals surface area contributed by atoms with Crippen LogP contribution in [0.3, 0.4) is 0 Å². The zero-order chi connectivity index (χ0) is 24.2. The lowest BCUT2D eigenvalue weighted by Gasteiger charge is -2.39. The van der Waals surface area contributed by atoms with Crippen LogP contribution in [-0.4, -0.2) is 72.2 Å². The average molecular weight is 472 g/mol. The second-order valence-corrected chi connectivity index (χ2v) is 10.8. The summed E-state index contributed by atoms with van der Waals surface area (Å²) in [5.41, 5.74) is 1.01. The molecule has 7 nitrogen and oxygen atoms in total. The van der Waals surface area contributed by atoms with Gasteiger partial charge in [0.1, 0.15) is 6.10 Å². The molecule has 0 radical (unpaired) electrons. The number of nitrogens with one attached hydrogen (secondary N) is 1. The van der Waals surface area contributed by atoms with Crippen molar-refractivity contribution >= 4 is 17.5 Å². The Labute approximate surface area is 203 Å². The molecule has 4 rings (SSSR count). The fourth-order valence-corrected chi connectivity index (χ4v) is 5.33. The van der Waals surface area contributed by atoms with Crippen molar-refractivity contribution in [2.24, 2.45) is 17.8 Å². The number of amides is 2. The molecule has 0 aromatic heterocycles. The molecule has 2 amide bonds. The number of hydrogen-bond acceptors (Lipinski definition) is 5. The monoisotopic (exact) mass is 471 g/mol. The lowest BCUT2D eigenvalue weighted by Crippen LogP contribution is -2.50. The highest BCUT2D eigenvalue weighted by Crippen LogP contribution is 2.37. The standard InChI is InChI=1S/C27H41N3O4/c1-18-14-30(19(2)17-31)27(33)22-10-7-11-23(28-26(32)21-12-13-21)25(22)34-24(18)16-29(3)15-20-8-5-4-6-9-20/h7,10-11,18-21,24,31H,4-6,8-9,12-17H2,1-3H3,(H,28,32)/t18-,19-,24+/m0/s1. The first-order valence-corrected chi connectivity index (χ1v) is 13.1. The van der Waals surface area contributed by atoms with E-state index in [1.54, 1.807) is 17.0 Å². The summed E-state index contributed by atoms with van der Waals surface area (Å²) in [6.07, 6.45) is 8.26. The van der Waals surface area contributed by atoms with Gasteiger partial charge < -0.3 is 25.0 Å². The maximum absolute atomic E-state index is 13.5. The minimum Gasteiger partial charge on any atom is -0.486 e. The van der Waals surface area contributed by atoms with Gasteiger partial charge in [-0.05, 0) is 57.7 Å². The van der Waals surface area contributed by atoms with E-state index in [0.717, 1.165) is 31.8 Å². The quantitative estimate of drug-likeness (QED) is 0.603. The molecule has 0 spiro atoms. The molecule has 1 heterocycles. The Morgan fingerprint density at radius 1 is 1.21 bits per heavy atom. The van der Waals surface area contributed by atoms with E-state index in [2.05, 4.69) is 24.2 Å². The van der Waals surface area contributed by atoms with Crippen LogP contribution in [0.15, 0.2) is 18.2 Å². The topological polar surface area (TPSA) is 82.1 Å². The van der Waals surface area contributed by atoms with Gasteiger partial charge in [0.15, 0.2) is 5.75 Å². The first kappa shape index (κ1) is 25.0. The van der Waals surface area contributed by atoms with Gasteiger partial charge in [-0.15, -0.1) is 0 Å². The van der Waals surface area contributed by atoms with E-state index in [1.807, 2.05) is 13.0 Å². The minimum atomic E-state index is -0.300. The second-order valence-electron chi connectivity index (χ2n) is 10.8. The van der Waals surface area contributed by atoms with Crippen LogP contribution in [0, 0.1) is 17.8 Å². The van der Waals surface area contributed by atoms with Crippen LogP contribution >= 0.6 is 0 Å². The zero-order valence-electron chi connectivity index (χ0n) is 21.0. The summed E-state index contributed by atoms with van der Waals surface area (Å²) in [4.78, 5) is 30.2. The summed E-state index contributed by atoms with van der Waals surface area (Å²) in [5, 5.41) is 12.9. The van der Waals surface area contributed by atoms with Gasteiger partial charge in [0.05, 0.1) is 23.9 Å². The molecule has 2 aliphatic carbocycles. The van der Waals surface area contributed by atoms with Gasteiger partial charge in [0.2, 0.25) is 5.91 Å². The van der Waals surface area contributed by atoms with Crippen molar-refractivity contribution in [1.82, 2.24) is 9.80 Å². The number of para-hydroxylation sites is 1. The van der Waals surface area contributed by atoms with E-state index in [-0.39, 0.29) is 42.4 Å². The maximum Gasteiger partial charge on any atom is 0.258 e. The molecule has 1 aromatic rings. The molecule has 188 valence electrons. The smallest absolute Gasteiger partial charge is 0.258 e. The highest BCUT2D eigenvalue weighted by atomic mass is 16.5. The molecule has 1 aromatic carbocycles. The predicted octanol–water partition coefficient (Wildman–Crippen LogP) is 3.77. The number of hydrogen-bond donors (Lipinski definition) is 2. The molecule has 2 fully saturated rings. The van der Waals surface area contributed by atoms with Crippen LogP contribution in [-0.2, 0) is 4.79 Å². The molecule has 1 aliphatic heterocycles. The maximum atomic E-state index is 13.5. The molecule has 3 atom stereocenters. The van der Waals surface area contributed by atoms with Gasteiger partial charge in [0, 0.05) is 31.5 Å². The normalized spacial score (nSPS) is 24.7. The van der Waals surface area contributed by atoms with Crippen molar-refractivity contribution in [1.29, 1.82) is 0 Å². The van der Waals surface area contributed by atoms with E-state index in [4.69, 9.17) is 4.74 Å². The average Bonchev–Trinajstić information content (AvgIpc) is 3.67. The number of anilines is 1. The van der Waals surface area contributed by atoms with Gasteiger partial charge in [-0.2, -0.15) is 0 Å². The minimum absolute atomic E-state index is 0.00824. The van der Waals surface area contributed by atoms with Gasteiger partial charge in [-0.25, -0.2) is 0 Å². The van der Waals surface area contributed by atoms with Crippen molar-refractivity contribution in [3.63, 3.8) is 0 Å². The van der Waals surface area contributed by atoms with Crippen molar-refractivity contribution in [2.75, 3.05) is 38.6 Å². The van der Waals surface area contributed by atoms with Gasteiger partial charge in [0.25, 0.3) is 5.91 Å². The predicted molar refractivity (Wildman–Crippen MR) is 133 cm³/mol. The summed E-state index contributed by atoms with van der Waals surface area (Å²) < 4.78 is 6.61. The molecular weight excluding hydrogens is 430 g/mol. The lowest BCUT2D eigenvalue weighted by atomic mass is 9.89. The Balaban J connectivity index is 1.60. The number of aliphatic hydroxyl groups is 1. The second kappa shape index (κ2) is 11.1. The molecule has 2 N–H and O–H groups in total. The number of aliphatic hydroxyl groups excluding tert-OH is 1. The van der Waals surface area contributed by atoms with Crippen molar-refractivity contribution in [2.45, 2.75) is 70.9 Å². The molecule has 2 saturated carbocycles. The Hall–Kier alpha value is -2.12. The summed E-state index contributed by atoms with van der Waals surface area (Å²) in [7, 11) is 2.16. The third-order valence-corrected chi connectivity index (χ3v) is 7.68. The van der Waals surface area contributed by atoms with Gasteiger partial charge in [-0.3, -0.25) is 9.59 Å². The van der Waals surface area contributed by atoms with Crippen LogP contribution < -0.4 is 10.1 Å². The van der Waals surface area contributed by atoms with Gasteiger partial charge >= 0.3 is 0 Å². The molecule has 7 heteroatoms. The first-order valence-electron chi connectivity index (χ1n) is 13.1. The SMILES string of the molecule is C[C@H]1CN([C@@H](C)CO)C(=O)c2cccc(NC(=O)C3CC3)c2O[C@@H]1CN(C)CC1CCCCC1. The molecule has 0 bridgehead atoms. The molecule has 34 heavy (non-hydrogen) atoms. The first-order chi connectivity index (χ1) is 16.4. The fraction of sp³-hybridized carbons (Fsp3) is 0.704. The number of carbonyl (C=O) groups excluding carboxylic acids is 2. The van der Waals surface area contributed by atoms with Crippen LogP contribution in [0.1, 0.15) is 69.2 Å². The number of benzene rings is 1. The number of likely N-dealkylation sites (N-methyl/N-ethyl adjacent to an activating group) is 1. The summed E-state index contributed by atoms with van der Waals surface area (Å²) in [6.45, 7) is 6.20. The van der Waals surface area contributed by atoms with Crippen molar-refractivity contribution in [3.8, 4) is 5.75 Å². The molecule has 3 aliphatic rings. The third-order valence-electron chi connectivity index (χ3n) is 7.68. The van der Waals surface area contributed by atoms with Crippen LogP contribution in [0.5, 0.6) is 5.75 Å². The molecule has 0 saturated heterocycles. The van der Waals surface area contributed by atoms with E-state index in [0.29, 0.717) is 23.5 Å². The lowest BCUT2D eigenvalue weighted by molar-refractivity contribution is -0.117. The number of nitrogens with zero attached hydrogens (tertiary/aromatic N) is 2. The van der Waals surface area contributed by atoms with Crippen LogP contribution in [0.4, 0.5) is 5.69 Å². The molecular formula is C27H41N3O4. The van der Waals surface area contributed by atoms with Gasteiger partial charge in [-0.1, -0.05) is 32.3 Å². The van der Waals surface area contributed by atoms with E-state index in [9.17, 15) is 14.7 Å². The number of carbonyl (C=O) groups is 2. The van der Waals surface area contributed by atoms with Crippen LogP contribution in [0.2, 0.25) is 0 Å². The van der Waals surface area contributed by atoms with E-state index in [1.165, 1.54) is 32.1 Å². The summed E-state index contributed by atoms with van der Waals surface area (Å²) in [5.74, 6) is 1.13. The highest BCUT2D eigenvalue weighted by molar-refractivity contribution is 6.02.